The lowest BCUT2D eigenvalue weighted by Crippen LogP contribution is -2.47. The van der Waals surface area contributed by atoms with E-state index < -0.39 is 0 Å². The van der Waals surface area contributed by atoms with Gasteiger partial charge in [0.1, 0.15) is 0 Å². The average molecular weight is 425 g/mol. The average Bonchev–Trinajstić information content (AvgIpc) is 3.19. The molecule has 2 aromatic heterocycles. The predicted molar refractivity (Wildman–Crippen MR) is 115 cm³/mol. The molecule has 0 unspecified atom stereocenters. The van der Waals surface area contributed by atoms with E-state index in [1.54, 1.807) is 29.2 Å². The van der Waals surface area contributed by atoms with Crippen molar-refractivity contribution >= 4 is 34.8 Å². The number of hydrogen-bond donors (Lipinski definition) is 2. The predicted octanol–water partition coefficient (Wildman–Crippen LogP) is 2.67. The SMILES string of the molecule is CCc1c(C(=O)Nc2ccc(N3CCNC(=O)C3)c(Cl)c2)cnn1-c1ccccn1. The number of carbonyl (C=O) groups excluding carboxylic acids is 2. The number of rotatable bonds is 5. The van der Waals surface area contributed by atoms with Gasteiger partial charge in [0, 0.05) is 25.0 Å². The lowest BCUT2D eigenvalue weighted by molar-refractivity contribution is -0.120. The zero-order chi connectivity index (χ0) is 21.1. The second-order valence-corrected chi connectivity index (χ2v) is 7.26. The van der Waals surface area contributed by atoms with Crippen LogP contribution in [0.15, 0.2) is 48.8 Å². The van der Waals surface area contributed by atoms with Crippen molar-refractivity contribution in [3.05, 3.63) is 65.1 Å². The zero-order valence-electron chi connectivity index (χ0n) is 16.4. The van der Waals surface area contributed by atoms with Gasteiger partial charge in [0.25, 0.3) is 5.91 Å². The first-order valence-electron chi connectivity index (χ1n) is 9.67. The largest absolute Gasteiger partial charge is 0.359 e. The molecule has 1 aliphatic rings. The van der Waals surface area contributed by atoms with Crippen molar-refractivity contribution in [2.45, 2.75) is 13.3 Å². The van der Waals surface area contributed by atoms with Gasteiger partial charge in [-0.1, -0.05) is 24.6 Å². The van der Waals surface area contributed by atoms with Crippen molar-refractivity contribution in [1.29, 1.82) is 0 Å². The fourth-order valence-electron chi connectivity index (χ4n) is 3.46. The Morgan fingerprint density at radius 2 is 2.17 bits per heavy atom. The molecule has 30 heavy (non-hydrogen) atoms. The molecule has 2 amide bonds. The van der Waals surface area contributed by atoms with Crippen LogP contribution in [0, 0.1) is 0 Å². The molecule has 8 nitrogen and oxygen atoms in total. The molecule has 0 atom stereocenters. The first-order chi connectivity index (χ1) is 14.6. The van der Waals surface area contributed by atoms with Crippen LogP contribution in [-0.2, 0) is 11.2 Å². The zero-order valence-corrected chi connectivity index (χ0v) is 17.2. The summed E-state index contributed by atoms with van der Waals surface area (Å²) in [5, 5.41) is 10.5. The van der Waals surface area contributed by atoms with Crippen LogP contribution < -0.4 is 15.5 Å². The van der Waals surface area contributed by atoms with Gasteiger partial charge in [0.15, 0.2) is 5.82 Å². The number of anilines is 2. The third-order valence-electron chi connectivity index (χ3n) is 4.90. The van der Waals surface area contributed by atoms with Crippen molar-refractivity contribution in [1.82, 2.24) is 20.1 Å². The van der Waals surface area contributed by atoms with Crippen molar-refractivity contribution in [3.8, 4) is 5.82 Å². The molecule has 4 rings (SSSR count). The van der Waals surface area contributed by atoms with Gasteiger partial charge >= 0.3 is 0 Å². The van der Waals surface area contributed by atoms with E-state index in [9.17, 15) is 9.59 Å². The van der Waals surface area contributed by atoms with Crippen molar-refractivity contribution < 1.29 is 9.59 Å². The van der Waals surface area contributed by atoms with Gasteiger partial charge in [-0.3, -0.25) is 9.59 Å². The number of nitrogens with one attached hydrogen (secondary N) is 2. The number of nitrogens with zero attached hydrogens (tertiary/aromatic N) is 4. The number of aromatic nitrogens is 3. The van der Waals surface area contributed by atoms with E-state index in [0.29, 0.717) is 41.6 Å². The fraction of sp³-hybridized carbons (Fsp3) is 0.238. The summed E-state index contributed by atoms with van der Waals surface area (Å²) in [6.45, 7) is 3.49. The number of benzene rings is 1. The summed E-state index contributed by atoms with van der Waals surface area (Å²) < 4.78 is 1.67. The Kier molecular flexibility index (Phi) is 5.67. The number of halogens is 1. The van der Waals surface area contributed by atoms with Crippen LogP contribution in [-0.4, -0.2) is 46.2 Å². The van der Waals surface area contributed by atoms with E-state index in [-0.39, 0.29) is 18.4 Å². The minimum atomic E-state index is -0.268. The van der Waals surface area contributed by atoms with Gasteiger partial charge < -0.3 is 15.5 Å². The summed E-state index contributed by atoms with van der Waals surface area (Å²) >= 11 is 6.43. The van der Waals surface area contributed by atoms with Crippen LogP contribution in [0.4, 0.5) is 11.4 Å². The van der Waals surface area contributed by atoms with Gasteiger partial charge in [-0.25, -0.2) is 9.67 Å². The molecule has 154 valence electrons. The molecular weight excluding hydrogens is 404 g/mol. The normalized spacial score (nSPS) is 13.8. The molecule has 1 aromatic carbocycles. The van der Waals surface area contributed by atoms with Gasteiger partial charge in [-0.2, -0.15) is 5.10 Å². The maximum Gasteiger partial charge on any atom is 0.259 e. The van der Waals surface area contributed by atoms with Crippen molar-refractivity contribution in [3.63, 3.8) is 0 Å². The van der Waals surface area contributed by atoms with E-state index >= 15 is 0 Å². The highest BCUT2D eigenvalue weighted by atomic mass is 35.5. The second-order valence-electron chi connectivity index (χ2n) is 6.85. The summed E-state index contributed by atoms with van der Waals surface area (Å²) in [4.78, 5) is 30.7. The van der Waals surface area contributed by atoms with Crippen LogP contribution in [0.3, 0.4) is 0 Å². The minimum absolute atomic E-state index is 0.0355. The van der Waals surface area contributed by atoms with Crippen LogP contribution >= 0.6 is 11.6 Å². The lowest BCUT2D eigenvalue weighted by atomic mass is 10.1. The highest BCUT2D eigenvalue weighted by Crippen LogP contribution is 2.29. The van der Waals surface area contributed by atoms with Gasteiger partial charge in [0.05, 0.1) is 34.7 Å². The number of carbonyl (C=O) groups is 2. The monoisotopic (exact) mass is 424 g/mol. The number of hydrogen-bond acceptors (Lipinski definition) is 5. The number of piperazine rings is 1. The number of amides is 2. The van der Waals surface area contributed by atoms with E-state index in [4.69, 9.17) is 11.6 Å². The van der Waals surface area contributed by atoms with E-state index in [2.05, 4.69) is 20.7 Å². The Bertz CT molecular complexity index is 1080. The van der Waals surface area contributed by atoms with Crippen LogP contribution in [0.5, 0.6) is 0 Å². The molecule has 0 radical (unpaired) electrons. The quantitative estimate of drug-likeness (QED) is 0.657. The van der Waals surface area contributed by atoms with E-state index in [0.717, 1.165) is 11.4 Å². The van der Waals surface area contributed by atoms with Crippen LogP contribution in [0.25, 0.3) is 5.82 Å². The Balaban J connectivity index is 1.54. The highest BCUT2D eigenvalue weighted by Gasteiger charge is 2.20. The summed E-state index contributed by atoms with van der Waals surface area (Å²) in [6.07, 6.45) is 3.85. The van der Waals surface area contributed by atoms with E-state index in [1.807, 2.05) is 36.1 Å². The molecule has 0 aliphatic carbocycles. The molecule has 1 fully saturated rings. The van der Waals surface area contributed by atoms with Crippen molar-refractivity contribution in [2.24, 2.45) is 0 Å². The third-order valence-corrected chi connectivity index (χ3v) is 5.20. The summed E-state index contributed by atoms with van der Waals surface area (Å²) in [7, 11) is 0. The molecule has 3 heterocycles. The molecule has 0 bridgehead atoms. The van der Waals surface area contributed by atoms with Crippen molar-refractivity contribution in [2.75, 3.05) is 29.9 Å². The topological polar surface area (TPSA) is 92.2 Å². The van der Waals surface area contributed by atoms with Gasteiger partial charge in [-0.05, 0) is 36.8 Å². The molecule has 3 aromatic rings. The Morgan fingerprint density at radius 3 is 2.87 bits per heavy atom. The molecule has 1 aliphatic heterocycles. The number of pyridine rings is 1. The highest BCUT2D eigenvalue weighted by molar-refractivity contribution is 6.33. The summed E-state index contributed by atoms with van der Waals surface area (Å²) in [5.74, 6) is 0.355. The third kappa shape index (κ3) is 3.99. The lowest BCUT2D eigenvalue weighted by Gasteiger charge is -2.29. The Hall–Kier alpha value is -3.39. The van der Waals surface area contributed by atoms with E-state index in [1.165, 1.54) is 0 Å². The van der Waals surface area contributed by atoms with Gasteiger partial charge in [-0.15, -0.1) is 0 Å². The smallest absolute Gasteiger partial charge is 0.259 e. The molecular formula is C21H21ClN6O2. The van der Waals surface area contributed by atoms with Crippen LogP contribution in [0.2, 0.25) is 5.02 Å². The molecule has 1 saturated heterocycles. The minimum Gasteiger partial charge on any atom is -0.359 e. The molecule has 0 saturated carbocycles. The molecule has 9 heteroatoms. The van der Waals surface area contributed by atoms with Gasteiger partial charge in [0.2, 0.25) is 5.91 Å². The second kappa shape index (κ2) is 8.54. The summed E-state index contributed by atoms with van der Waals surface area (Å²) in [5.41, 5.74) is 2.59. The maximum atomic E-state index is 12.9. The Labute approximate surface area is 178 Å². The summed E-state index contributed by atoms with van der Waals surface area (Å²) in [6, 6.07) is 10.8. The standard InChI is InChI=1S/C21H21ClN6O2/c1-2-17-15(12-25-28(17)19-5-3-4-8-23-19)21(30)26-14-6-7-18(16(22)11-14)27-10-9-24-20(29)13-27/h3-8,11-12H,2,9-10,13H2,1H3,(H,24,29)(H,26,30). The fourth-order valence-corrected chi connectivity index (χ4v) is 3.76. The maximum absolute atomic E-state index is 12.9. The molecule has 2 N–H and O–H groups in total. The van der Waals surface area contributed by atoms with Crippen LogP contribution in [0.1, 0.15) is 23.0 Å². The molecule has 0 spiro atoms. The first kappa shape index (κ1) is 19.9. The Morgan fingerprint density at radius 1 is 1.30 bits per heavy atom. The first-order valence-corrected chi connectivity index (χ1v) is 10.1.